The maximum absolute atomic E-state index is 12.4. The van der Waals surface area contributed by atoms with Crippen LogP contribution >= 0.6 is 0 Å². The number of carboxylic acids is 1. The van der Waals surface area contributed by atoms with Gasteiger partial charge in [-0.1, -0.05) is 18.2 Å². The van der Waals surface area contributed by atoms with Crippen molar-refractivity contribution in [3.63, 3.8) is 0 Å². The molecule has 1 aromatic carbocycles. The van der Waals surface area contributed by atoms with Gasteiger partial charge in [-0.2, -0.15) is 5.10 Å². The van der Waals surface area contributed by atoms with Gasteiger partial charge in [0.1, 0.15) is 5.69 Å². The summed E-state index contributed by atoms with van der Waals surface area (Å²) in [5.74, 6) is -1.54. The van der Waals surface area contributed by atoms with Crippen LogP contribution in [0, 0.1) is 0 Å². The van der Waals surface area contributed by atoms with E-state index in [9.17, 15) is 9.59 Å². The van der Waals surface area contributed by atoms with Crippen LogP contribution in [-0.2, 0) is 6.54 Å². The van der Waals surface area contributed by atoms with E-state index in [2.05, 4.69) is 10.4 Å². The zero-order valence-corrected chi connectivity index (χ0v) is 12.8. The average Bonchev–Trinajstić information content (AvgIpc) is 3.25. The summed E-state index contributed by atoms with van der Waals surface area (Å²) in [4.78, 5) is 23.6. The molecule has 0 atom stereocenters. The third-order valence-electron chi connectivity index (χ3n) is 3.48. The minimum Gasteiger partial charge on any atom is -0.476 e. The molecule has 0 radical (unpaired) electrons. The van der Waals surface area contributed by atoms with Gasteiger partial charge >= 0.3 is 5.97 Å². The number of para-hydroxylation sites is 1. The van der Waals surface area contributed by atoms with Crippen molar-refractivity contribution >= 4 is 11.9 Å². The van der Waals surface area contributed by atoms with Crippen molar-refractivity contribution in [2.75, 3.05) is 6.54 Å². The molecule has 3 aromatic rings. The van der Waals surface area contributed by atoms with E-state index in [0.29, 0.717) is 18.8 Å². The van der Waals surface area contributed by atoms with E-state index in [1.165, 1.54) is 10.7 Å². The van der Waals surface area contributed by atoms with Crippen molar-refractivity contribution in [1.82, 2.24) is 19.7 Å². The van der Waals surface area contributed by atoms with Crippen LogP contribution in [0.25, 0.3) is 5.69 Å². The Labute approximate surface area is 138 Å². The van der Waals surface area contributed by atoms with E-state index >= 15 is 0 Å². The van der Waals surface area contributed by atoms with Crippen LogP contribution in [0.15, 0.2) is 60.9 Å². The highest BCUT2D eigenvalue weighted by Crippen LogP contribution is 2.13. The third kappa shape index (κ3) is 3.35. The molecule has 0 saturated heterocycles. The number of amides is 1. The number of carbonyl (C=O) groups excluding carboxylic acids is 1. The summed E-state index contributed by atoms with van der Waals surface area (Å²) in [7, 11) is 0. The number of nitrogens with one attached hydrogen (secondary N) is 1. The molecule has 122 valence electrons. The minimum absolute atomic E-state index is 0.172. The van der Waals surface area contributed by atoms with Gasteiger partial charge in [-0.25, -0.2) is 9.48 Å². The molecule has 0 unspecified atom stereocenters. The zero-order chi connectivity index (χ0) is 16.9. The van der Waals surface area contributed by atoms with E-state index < -0.39 is 5.97 Å². The van der Waals surface area contributed by atoms with Gasteiger partial charge in [0.25, 0.3) is 5.91 Å². The maximum Gasteiger partial charge on any atom is 0.356 e. The lowest BCUT2D eigenvalue weighted by atomic mass is 10.3. The monoisotopic (exact) mass is 324 g/mol. The van der Waals surface area contributed by atoms with Crippen LogP contribution in [0.2, 0.25) is 0 Å². The molecule has 0 spiro atoms. The van der Waals surface area contributed by atoms with Gasteiger partial charge in [0, 0.05) is 31.5 Å². The quantitative estimate of drug-likeness (QED) is 0.723. The first-order chi connectivity index (χ1) is 11.6. The first-order valence-corrected chi connectivity index (χ1v) is 7.43. The van der Waals surface area contributed by atoms with Crippen LogP contribution in [0.4, 0.5) is 0 Å². The largest absolute Gasteiger partial charge is 0.476 e. The molecule has 7 heteroatoms. The average molecular weight is 324 g/mol. The van der Waals surface area contributed by atoms with Crippen molar-refractivity contribution < 1.29 is 14.7 Å². The van der Waals surface area contributed by atoms with Gasteiger partial charge in [-0.3, -0.25) is 4.79 Å². The second kappa shape index (κ2) is 6.82. The van der Waals surface area contributed by atoms with E-state index in [4.69, 9.17) is 5.11 Å². The molecule has 2 N–H and O–H groups in total. The standard InChI is InChI=1S/C17H16N4O3/c22-16(18-8-11-20-9-4-5-10-20)15-12-14(17(23)24)19-21(15)13-6-2-1-3-7-13/h1-7,9-10,12H,8,11H2,(H,18,22)(H,23,24). The van der Waals surface area contributed by atoms with Crippen LogP contribution in [0.1, 0.15) is 21.0 Å². The second-order valence-electron chi connectivity index (χ2n) is 5.14. The minimum atomic E-state index is -1.17. The van der Waals surface area contributed by atoms with Gasteiger partial charge in [0.15, 0.2) is 5.69 Å². The summed E-state index contributed by atoms with van der Waals surface area (Å²) >= 11 is 0. The summed E-state index contributed by atoms with van der Waals surface area (Å²) in [6.07, 6.45) is 3.81. The lowest BCUT2D eigenvalue weighted by molar-refractivity contribution is 0.0689. The molecule has 0 aliphatic carbocycles. The molecule has 0 aliphatic rings. The normalized spacial score (nSPS) is 10.5. The van der Waals surface area contributed by atoms with Gasteiger partial charge in [-0.15, -0.1) is 0 Å². The first kappa shape index (κ1) is 15.5. The summed E-state index contributed by atoms with van der Waals surface area (Å²) < 4.78 is 3.28. The molecule has 3 rings (SSSR count). The smallest absolute Gasteiger partial charge is 0.356 e. The topological polar surface area (TPSA) is 89.1 Å². The number of carboxylic acid groups (broad SMARTS) is 1. The highest BCUT2D eigenvalue weighted by molar-refractivity contribution is 5.96. The SMILES string of the molecule is O=C(O)c1cc(C(=O)NCCn2cccc2)n(-c2ccccc2)n1. The molecule has 0 saturated carbocycles. The van der Waals surface area contributed by atoms with Gasteiger partial charge in [-0.05, 0) is 24.3 Å². The molecule has 24 heavy (non-hydrogen) atoms. The summed E-state index contributed by atoms with van der Waals surface area (Å²) in [6.45, 7) is 1.06. The Balaban J connectivity index is 1.80. The van der Waals surface area contributed by atoms with Crippen molar-refractivity contribution in [2.45, 2.75) is 6.54 Å². The number of hydrogen-bond acceptors (Lipinski definition) is 3. The zero-order valence-electron chi connectivity index (χ0n) is 12.8. The highest BCUT2D eigenvalue weighted by Gasteiger charge is 2.19. The fraction of sp³-hybridized carbons (Fsp3) is 0.118. The third-order valence-corrected chi connectivity index (χ3v) is 3.48. The number of benzene rings is 1. The number of nitrogens with zero attached hydrogens (tertiary/aromatic N) is 3. The molecule has 2 heterocycles. The lowest BCUT2D eigenvalue weighted by Gasteiger charge is -2.08. The summed E-state index contributed by atoms with van der Waals surface area (Å²) in [6, 6.07) is 14.0. The fourth-order valence-corrected chi connectivity index (χ4v) is 2.32. The molecule has 0 aliphatic heterocycles. The number of aromatic nitrogens is 3. The number of aromatic carboxylic acids is 1. The number of hydrogen-bond donors (Lipinski definition) is 2. The first-order valence-electron chi connectivity index (χ1n) is 7.43. The predicted molar refractivity (Wildman–Crippen MR) is 87.3 cm³/mol. The Bertz CT molecular complexity index is 838. The van der Waals surface area contributed by atoms with Crippen molar-refractivity contribution in [1.29, 1.82) is 0 Å². The Hall–Kier alpha value is -3.35. The molecule has 0 bridgehead atoms. The molecular weight excluding hydrogens is 308 g/mol. The van der Waals surface area contributed by atoms with E-state index in [1.54, 1.807) is 24.3 Å². The highest BCUT2D eigenvalue weighted by atomic mass is 16.4. The van der Waals surface area contributed by atoms with Crippen LogP contribution in [-0.4, -0.2) is 37.9 Å². The van der Waals surface area contributed by atoms with Crippen molar-refractivity contribution in [2.24, 2.45) is 0 Å². The van der Waals surface area contributed by atoms with Crippen LogP contribution < -0.4 is 5.32 Å². The second-order valence-corrected chi connectivity index (χ2v) is 5.14. The van der Waals surface area contributed by atoms with Crippen LogP contribution in [0.3, 0.4) is 0 Å². The predicted octanol–water partition coefficient (Wildman–Crippen LogP) is 1.80. The van der Waals surface area contributed by atoms with Gasteiger partial charge < -0.3 is 15.0 Å². The Kier molecular flexibility index (Phi) is 4.42. The van der Waals surface area contributed by atoms with Crippen molar-refractivity contribution in [3.8, 4) is 5.69 Å². The Morgan fingerprint density at radius 2 is 1.79 bits per heavy atom. The molecule has 2 aromatic heterocycles. The Morgan fingerprint density at radius 1 is 1.08 bits per heavy atom. The lowest BCUT2D eigenvalue weighted by Crippen LogP contribution is -2.28. The fourth-order valence-electron chi connectivity index (χ4n) is 2.32. The van der Waals surface area contributed by atoms with Crippen molar-refractivity contribution in [3.05, 3.63) is 72.3 Å². The summed E-state index contributed by atoms with van der Waals surface area (Å²) in [5, 5.41) is 15.9. The van der Waals surface area contributed by atoms with Gasteiger partial charge in [0.2, 0.25) is 0 Å². The molecule has 0 fully saturated rings. The molecule has 1 amide bonds. The Morgan fingerprint density at radius 3 is 2.46 bits per heavy atom. The van der Waals surface area contributed by atoms with Gasteiger partial charge in [0.05, 0.1) is 5.69 Å². The van der Waals surface area contributed by atoms with E-state index in [0.717, 1.165) is 0 Å². The maximum atomic E-state index is 12.4. The summed E-state index contributed by atoms with van der Waals surface area (Å²) in [5.41, 5.74) is 0.640. The number of rotatable bonds is 6. The molecule has 7 nitrogen and oxygen atoms in total. The van der Waals surface area contributed by atoms with E-state index in [-0.39, 0.29) is 17.3 Å². The van der Waals surface area contributed by atoms with E-state index in [1.807, 2.05) is 35.2 Å². The number of carbonyl (C=O) groups is 2. The van der Waals surface area contributed by atoms with Crippen LogP contribution in [0.5, 0.6) is 0 Å². The molecular formula is C17H16N4O3.